The number of hydrogen-bond acceptors (Lipinski definition) is 5. The number of rotatable bonds is 5. The number of nitrogens with zero attached hydrogens (tertiary/aromatic N) is 2. The first-order chi connectivity index (χ1) is 15.0. The van der Waals surface area contributed by atoms with Crippen molar-refractivity contribution in [3.8, 4) is 0 Å². The number of fused-ring (bicyclic) bond motifs is 1. The van der Waals surface area contributed by atoms with E-state index in [9.17, 15) is 9.18 Å². The van der Waals surface area contributed by atoms with Gasteiger partial charge in [0.1, 0.15) is 10.8 Å². The Hall–Kier alpha value is -3.19. The van der Waals surface area contributed by atoms with Crippen LogP contribution >= 0.6 is 11.6 Å². The van der Waals surface area contributed by atoms with Gasteiger partial charge in [-0.05, 0) is 67.1 Å². The van der Waals surface area contributed by atoms with E-state index in [4.69, 9.17) is 11.6 Å². The fourth-order valence-electron chi connectivity index (χ4n) is 3.71. The fourth-order valence-corrected chi connectivity index (χ4v) is 3.85. The third-order valence-electron chi connectivity index (χ3n) is 5.31. The summed E-state index contributed by atoms with van der Waals surface area (Å²) < 4.78 is 13.6. The summed E-state index contributed by atoms with van der Waals surface area (Å²) in [5.41, 5.74) is 4.20. The van der Waals surface area contributed by atoms with Gasteiger partial charge in [0.15, 0.2) is 5.82 Å². The second-order valence-corrected chi connectivity index (χ2v) is 7.86. The Kier molecular flexibility index (Phi) is 6.32. The van der Waals surface area contributed by atoms with Crippen LogP contribution in [0.5, 0.6) is 0 Å². The van der Waals surface area contributed by atoms with Gasteiger partial charge in [-0.3, -0.25) is 4.79 Å². The number of aromatic nitrogens is 2. The highest BCUT2D eigenvalue weighted by molar-refractivity contribution is 6.33. The summed E-state index contributed by atoms with van der Waals surface area (Å²) in [5.74, 6) is -0.256. The smallest absolute Gasteiger partial charge is 0.253 e. The summed E-state index contributed by atoms with van der Waals surface area (Å²) in [7, 11) is 1.48. The van der Waals surface area contributed by atoms with Crippen molar-refractivity contribution in [1.29, 1.82) is 0 Å². The van der Waals surface area contributed by atoms with Gasteiger partial charge in [-0.2, -0.15) is 4.98 Å². The third-order valence-corrected chi connectivity index (χ3v) is 5.58. The topological polar surface area (TPSA) is 78.9 Å². The summed E-state index contributed by atoms with van der Waals surface area (Å²) in [5, 5.41) is 9.02. The molecule has 0 saturated heterocycles. The van der Waals surface area contributed by atoms with Gasteiger partial charge in [0, 0.05) is 12.7 Å². The maximum absolute atomic E-state index is 13.6. The lowest BCUT2D eigenvalue weighted by molar-refractivity contribution is 0.0963. The van der Waals surface area contributed by atoms with Crippen molar-refractivity contribution >= 4 is 40.6 Å². The molecule has 1 heterocycles. The third kappa shape index (κ3) is 4.94. The number of halogens is 2. The molecule has 0 spiro atoms. The van der Waals surface area contributed by atoms with Crippen molar-refractivity contribution in [3.63, 3.8) is 0 Å². The molecule has 31 heavy (non-hydrogen) atoms. The summed E-state index contributed by atoms with van der Waals surface area (Å²) in [6.45, 7) is 0. The lowest BCUT2D eigenvalue weighted by Gasteiger charge is -2.14. The largest absolute Gasteiger partial charge is 0.355 e. The van der Waals surface area contributed by atoms with Crippen LogP contribution < -0.4 is 16.0 Å². The molecule has 6 nitrogen and oxygen atoms in total. The Morgan fingerprint density at radius 3 is 2.65 bits per heavy atom. The maximum Gasteiger partial charge on any atom is 0.253 e. The second-order valence-electron chi connectivity index (χ2n) is 7.45. The van der Waals surface area contributed by atoms with Gasteiger partial charge in [-0.25, -0.2) is 9.37 Å². The standard InChI is InChI=1S/C23H23ClFN5O/c1-26-22(31)18-12-16(25)8-10-20(18)29-21-19(24)13-27-23(30-21)28-17-9-7-14-5-3-2-4-6-15(14)11-17/h7-13H,2-6H2,1H3,(H,26,31)(H2,27,28,29,30). The molecule has 160 valence electrons. The first-order valence-electron chi connectivity index (χ1n) is 10.2. The first kappa shape index (κ1) is 21.1. The van der Waals surface area contributed by atoms with E-state index in [-0.39, 0.29) is 10.6 Å². The minimum Gasteiger partial charge on any atom is -0.355 e. The molecule has 3 aromatic rings. The highest BCUT2D eigenvalue weighted by Crippen LogP contribution is 2.29. The maximum atomic E-state index is 13.6. The molecule has 1 aliphatic carbocycles. The van der Waals surface area contributed by atoms with Crippen LogP contribution in [-0.4, -0.2) is 22.9 Å². The van der Waals surface area contributed by atoms with E-state index in [1.54, 1.807) is 0 Å². The van der Waals surface area contributed by atoms with E-state index in [1.165, 1.54) is 55.8 Å². The van der Waals surface area contributed by atoms with Gasteiger partial charge in [0.25, 0.3) is 5.91 Å². The van der Waals surface area contributed by atoms with Gasteiger partial charge in [-0.1, -0.05) is 24.1 Å². The van der Waals surface area contributed by atoms with Gasteiger partial charge in [-0.15, -0.1) is 0 Å². The molecule has 0 bridgehead atoms. The summed E-state index contributed by atoms with van der Waals surface area (Å²) in [6.07, 6.45) is 7.36. The van der Waals surface area contributed by atoms with E-state index in [0.717, 1.165) is 24.6 Å². The Morgan fingerprint density at radius 1 is 1.03 bits per heavy atom. The molecule has 1 aliphatic rings. The summed E-state index contributed by atoms with van der Waals surface area (Å²) in [4.78, 5) is 20.8. The van der Waals surface area contributed by atoms with Gasteiger partial charge >= 0.3 is 0 Å². The molecule has 1 amide bonds. The molecule has 0 radical (unpaired) electrons. The van der Waals surface area contributed by atoms with Crippen molar-refractivity contribution < 1.29 is 9.18 Å². The predicted octanol–water partition coefficient (Wildman–Crippen LogP) is 5.38. The van der Waals surface area contributed by atoms with Gasteiger partial charge in [0.2, 0.25) is 5.95 Å². The molecule has 0 atom stereocenters. The molecule has 2 aromatic carbocycles. The molecule has 0 unspecified atom stereocenters. The molecule has 0 fully saturated rings. The molecule has 4 rings (SSSR count). The highest BCUT2D eigenvalue weighted by atomic mass is 35.5. The predicted molar refractivity (Wildman–Crippen MR) is 121 cm³/mol. The quantitative estimate of drug-likeness (QED) is 0.465. The van der Waals surface area contributed by atoms with E-state index >= 15 is 0 Å². The van der Waals surface area contributed by atoms with Crippen LogP contribution in [0.15, 0.2) is 42.6 Å². The van der Waals surface area contributed by atoms with Crippen molar-refractivity contribution in [2.45, 2.75) is 32.1 Å². The molecular formula is C23H23ClFN5O. The van der Waals surface area contributed by atoms with Crippen molar-refractivity contribution in [2.24, 2.45) is 0 Å². The summed E-state index contributed by atoms with van der Waals surface area (Å²) in [6, 6.07) is 10.2. The molecule has 8 heteroatoms. The number of carbonyl (C=O) groups excluding carboxylic acids is 1. The molecule has 0 saturated carbocycles. The van der Waals surface area contributed by atoms with Crippen LogP contribution in [0, 0.1) is 5.82 Å². The molecule has 1 aromatic heterocycles. The fraction of sp³-hybridized carbons (Fsp3) is 0.261. The van der Waals surface area contributed by atoms with Crippen LogP contribution in [0.25, 0.3) is 0 Å². The van der Waals surface area contributed by atoms with Crippen LogP contribution in [0.2, 0.25) is 5.02 Å². The van der Waals surface area contributed by atoms with E-state index in [2.05, 4.69) is 38.1 Å². The van der Waals surface area contributed by atoms with Crippen LogP contribution in [0.4, 0.5) is 27.5 Å². The molecule has 3 N–H and O–H groups in total. The van der Waals surface area contributed by atoms with Crippen LogP contribution in [0.3, 0.4) is 0 Å². The number of anilines is 4. The van der Waals surface area contributed by atoms with Gasteiger partial charge < -0.3 is 16.0 Å². The normalized spacial score (nSPS) is 13.1. The lowest BCUT2D eigenvalue weighted by Crippen LogP contribution is -2.19. The number of hydrogen-bond donors (Lipinski definition) is 3. The zero-order chi connectivity index (χ0) is 21.8. The number of nitrogens with one attached hydrogen (secondary N) is 3. The number of aryl methyl sites for hydroxylation is 2. The average molecular weight is 440 g/mol. The number of amides is 1. The van der Waals surface area contributed by atoms with Crippen molar-refractivity contribution in [1.82, 2.24) is 15.3 Å². The second kappa shape index (κ2) is 9.31. The Balaban J connectivity index is 1.59. The van der Waals surface area contributed by atoms with Gasteiger partial charge in [0.05, 0.1) is 17.4 Å². The minimum absolute atomic E-state index is 0.150. The van der Waals surface area contributed by atoms with Crippen molar-refractivity contribution in [2.75, 3.05) is 17.7 Å². The van der Waals surface area contributed by atoms with E-state index in [1.807, 2.05) is 6.07 Å². The molecule has 0 aliphatic heterocycles. The zero-order valence-corrected chi connectivity index (χ0v) is 17.9. The zero-order valence-electron chi connectivity index (χ0n) is 17.1. The highest BCUT2D eigenvalue weighted by Gasteiger charge is 2.15. The Labute approximate surface area is 185 Å². The number of carbonyl (C=O) groups is 1. The SMILES string of the molecule is CNC(=O)c1cc(F)ccc1Nc1nc(Nc2ccc3c(c2)CCCCC3)ncc1Cl. The lowest BCUT2D eigenvalue weighted by atomic mass is 10.0. The summed E-state index contributed by atoms with van der Waals surface area (Å²) >= 11 is 6.27. The Bertz CT molecular complexity index is 1120. The molecular weight excluding hydrogens is 417 g/mol. The van der Waals surface area contributed by atoms with Crippen LogP contribution in [-0.2, 0) is 12.8 Å². The monoisotopic (exact) mass is 439 g/mol. The van der Waals surface area contributed by atoms with E-state index in [0.29, 0.717) is 17.5 Å². The average Bonchev–Trinajstić information content (AvgIpc) is 3.01. The van der Waals surface area contributed by atoms with E-state index < -0.39 is 11.7 Å². The van der Waals surface area contributed by atoms with Crippen molar-refractivity contribution in [3.05, 3.63) is 70.1 Å². The number of benzene rings is 2. The minimum atomic E-state index is -0.511. The van der Waals surface area contributed by atoms with Crippen LogP contribution in [0.1, 0.15) is 40.7 Å². The Morgan fingerprint density at radius 2 is 1.84 bits per heavy atom. The first-order valence-corrected chi connectivity index (χ1v) is 10.6.